The number of anilines is 2. The third-order valence-corrected chi connectivity index (χ3v) is 7.63. The van der Waals surface area contributed by atoms with Gasteiger partial charge < -0.3 is 15.1 Å². The number of fused-ring (bicyclic) bond motifs is 1. The molecule has 38 heavy (non-hydrogen) atoms. The third kappa shape index (κ3) is 4.71. The van der Waals surface area contributed by atoms with Gasteiger partial charge in [-0.1, -0.05) is 42.0 Å². The molecule has 0 radical (unpaired) electrons. The van der Waals surface area contributed by atoms with E-state index in [0.29, 0.717) is 54.9 Å². The smallest absolute Gasteiger partial charge is 0.332 e. The largest absolute Gasteiger partial charge is 0.345 e. The first-order chi connectivity index (χ1) is 18.1. The summed E-state index contributed by atoms with van der Waals surface area (Å²) in [5, 5.41) is 4.11. The molecule has 0 unspecified atom stereocenters. The summed E-state index contributed by atoms with van der Waals surface area (Å²) in [7, 11) is 3.17. The van der Waals surface area contributed by atoms with E-state index in [1.807, 2.05) is 11.5 Å². The predicted octanol–water partition coefficient (Wildman–Crippen LogP) is 2.93. The van der Waals surface area contributed by atoms with Crippen LogP contribution >= 0.6 is 12.2 Å². The molecular formula is C28H33N7O2S. The van der Waals surface area contributed by atoms with Gasteiger partial charge in [0.2, 0.25) is 5.95 Å². The predicted molar refractivity (Wildman–Crippen MR) is 156 cm³/mol. The van der Waals surface area contributed by atoms with E-state index < -0.39 is 0 Å². The van der Waals surface area contributed by atoms with Gasteiger partial charge in [0, 0.05) is 46.0 Å². The highest BCUT2D eigenvalue weighted by Crippen LogP contribution is 2.24. The van der Waals surface area contributed by atoms with Crippen molar-refractivity contribution in [3.8, 4) is 0 Å². The highest BCUT2D eigenvalue weighted by Gasteiger charge is 2.26. The molecule has 9 nitrogen and oxygen atoms in total. The Hall–Kier alpha value is -3.92. The highest BCUT2D eigenvalue weighted by atomic mass is 32.1. The molecule has 0 saturated carbocycles. The number of aryl methyl sites for hydroxylation is 4. The molecule has 0 spiro atoms. The Morgan fingerprint density at radius 1 is 0.921 bits per heavy atom. The molecule has 1 aliphatic rings. The van der Waals surface area contributed by atoms with Crippen molar-refractivity contribution < 1.29 is 0 Å². The van der Waals surface area contributed by atoms with E-state index in [1.165, 1.54) is 22.7 Å². The van der Waals surface area contributed by atoms with Crippen molar-refractivity contribution in [3.05, 3.63) is 85.6 Å². The number of nitrogens with one attached hydrogen (secondary N) is 1. The molecule has 198 valence electrons. The second kappa shape index (κ2) is 10.1. The molecule has 3 heterocycles. The van der Waals surface area contributed by atoms with Crippen molar-refractivity contribution in [2.24, 2.45) is 14.1 Å². The van der Waals surface area contributed by atoms with E-state index in [0.717, 1.165) is 21.4 Å². The van der Waals surface area contributed by atoms with Crippen molar-refractivity contribution >= 4 is 40.1 Å². The molecule has 1 saturated heterocycles. The molecule has 0 atom stereocenters. The lowest BCUT2D eigenvalue weighted by Gasteiger charge is -2.37. The quantitative estimate of drug-likeness (QED) is 0.406. The Bertz CT molecular complexity index is 1640. The lowest BCUT2D eigenvalue weighted by atomic mass is 10.1. The Kier molecular flexibility index (Phi) is 6.83. The molecule has 1 fully saturated rings. The van der Waals surface area contributed by atoms with Crippen LogP contribution < -0.4 is 21.5 Å². The fraction of sp³-hybridized carbons (Fsp3) is 0.357. The summed E-state index contributed by atoms with van der Waals surface area (Å²) in [6.45, 7) is 9.44. The van der Waals surface area contributed by atoms with E-state index in [9.17, 15) is 9.59 Å². The van der Waals surface area contributed by atoms with Gasteiger partial charge in [-0.3, -0.25) is 18.5 Å². The number of piperazine rings is 1. The van der Waals surface area contributed by atoms with E-state index in [1.54, 1.807) is 7.05 Å². The molecule has 10 heteroatoms. The van der Waals surface area contributed by atoms with E-state index in [4.69, 9.17) is 17.2 Å². The number of aromatic nitrogens is 4. The molecule has 4 aromatic rings. The number of imidazole rings is 1. The highest BCUT2D eigenvalue weighted by molar-refractivity contribution is 7.80. The second-order valence-electron chi connectivity index (χ2n) is 10.1. The average Bonchev–Trinajstić information content (AvgIpc) is 3.29. The molecule has 0 amide bonds. The standard InChI is InChI=1S/C28H33N7O2S/c1-18-7-10-21(11-8-18)17-35-23-24(31(4)28(37)32(5)25(23)36)30-26(35)33-12-14-34(15-13-33)27(38)29-22-16-19(2)6-9-20(22)3/h6-11,16H,12-15,17H2,1-5H3,(H,29,38). The Balaban J connectivity index is 1.44. The number of nitrogens with zero attached hydrogens (tertiary/aromatic N) is 6. The van der Waals surface area contributed by atoms with Gasteiger partial charge in [-0.05, 0) is 55.7 Å². The third-order valence-electron chi connectivity index (χ3n) is 7.27. The van der Waals surface area contributed by atoms with Gasteiger partial charge in [0.05, 0.1) is 6.54 Å². The first-order valence-electron chi connectivity index (χ1n) is 12.7. The van der Waals surface area contributed by atoms with Crippen LogP contribution in [0.3, 0.4) is 0 Å². The van der Waals surface area contributed by atoms with Crippen LogP contribution in [0.15, 0.2) is 52.1 Å². The fourth-order valence-corrected chi connectivity index (χ4v) is 5.17. The zero-order valence-corrected chi connectivity index (χ0v) is 23.3. The SMILES string of the molecule is Cc1ccc(Cn2c(N3CCN(C(=S)Nc4cc(C)ccc4C)CC3)nc3c2c(=O)n(C)c(=O)n3C)cc1. The first kappa shape index (κ1) is 25.7. The number of hydrogen-bond donors (Lipinski definition) is 1. The summed E-state index contributed by atoms with van der Waals surface area (Å²) in [4.78, 5) is 35.1. The van der Waals surface area contributed by atoms with Gasteiger partial charge in [-0.15, -0.1) is 0 Å². The van der Waals surface area contributed by atoms with Crippen molar-refractivity contribution in [2.75, 3.05) is 36.4 Å². The Labute approximate surface area is 226 Å². The summed E-state index contributed by atoms with van der Waals surface area (Å²) in [6, 6.07) is 14.5. The molecule has 0 bridgehead atoms. The van der Waals surface area contributed by atoms with Crippen LogP contribution in [0.25, 0.3) is 11.2 Å². The number of hydrogen-bond acceptors (Lipinski definition) is 5. The number of thiocarbonyl (C=S) groups is 1. The van der Waals surface area contributed by atoms with E-state index >= 15 is 0 Å². The summed E-state index contributed by atoms with van der Waals surface area (Å²) in [5.74, 6) is 0.687. The second-order valence-corrected chi connectivity index (χ2v) is 10.5. The molecule has 2 aromatic heterocycles. The summed E-state index contributed by atoms with van der Waals surface area (Å²) in [6.07, 6.45) is 0. The van der Waals surface area contributed by atoms with Crippen molar-refractivity contribution in [1.29, 1.82) is 0 Å². The molecule has 1 aliphatic heterocycles. The number of benzene rings is 2. The zero-order valence-electron chi connectivity index (χ0n) is 22.5. The van der Waals surface area contributed by atoms with Crippen LogP contribution in [0.5, 0.6) is 0 Å². The molecule has 1 N–H and O–H groups in total. The summed E-state index contributed by atoms with van der Waals surface area (Å²) >= 11 is 5.75. The summed E-state index contributed by atoms with van der Waals surface area (Å²) < 4.78 is 4.55. The van der Waals surface area contributed by atoms with Gasteiger partial charge in [-0.25, -0.2) is 4.79 Å². The van der Waals surface area contributed by atoms with Crippen LogP contribution in [-0.4, -0.2) is 54.9 Å². The van der Waals surface area contributed by atoms with Crippen molar-refractivity contribution in [2.45, 2.75) is 27.3 Å². The Morgan fingerprint density at radius 2 is 1.58 bits per heavy atom. The zero-order chi connectivity index (χ0) is 27.1. The van der Waals surface area contributed by atoms with Crippen LogP contribution in [0.4, 0.5) is 11.6 Å². The molecule has 0 aliphatic carbocycles. The molecule has 2 aromatic carbocycles. The lowest BCUT2D eigenvalue weighted by Crippen LogP contribution is -2.50. The van der Waals surface area contributed by atoms with E-state index in [-0.39, 0.29) is 11.2 Å². The van der Waals surface area contributed by atoms with Crippen LogP contribution in [-0.2, 0) is 20.6 Å². The maximum Gasteiger partial charge on any atom is 0.332 e. The van der Waals surface area contributed by atoms with Crippen LogP contribution in [0.1, 0.15) is 22.3 Å². The minimum Gasteiger partial charge on any atom is -0.345 e. The lowest BCUT2D eigenvalue weighted by molar-refractivity contribution is 0.386. The number of rotatable bonds is 4. The van der Waals surface area contributed by atoms with Gasteiger partial charge in [-0.2, -0.15) is 4.98 Å². The molecular weight excluding hydrogens is 498 g/mol. The van der Waals surface area contributed by atoms with Crippen LogP contribution in [0, 0.1) is 20.8 Å². The van der Waals surface area contributed by atoms with Gasteiger partial charge in [0.1, 0.15) is 0 Å². The average molecular weight is 532 g/mol. The van der Waals surface area contributed by atoms with Crippen molar-refractivity contribution in [3.63, 3.8) is 0 Å². The minimum atomic E-state index is -0.387. The maximum absolute atomic E-state index is 13.3. The van der Waals surface area contributed by atoms with Gasteiger partial charge in [0.25, 0.3) is 5.56 Å². The fourth-order valence-electron chi connectivity index (χ4n) is 4.88. The minimum absolute atomic E-state index is 0.341. The maximum atomic E-state index is 13.3. The molecule has 5 rings (SSSR count). The monoisotopic (exact) mass is 531 g/mol. The van der Waals surface area contributed by atoms with Gasteiger partial charge in [0.15, 0.2) is 16.3 Å². The van der Waals surface area contributed by atoms with E-state index in [2.05, 4.69) is 71.4 Å². The summed E-state index contributed by atoms with van der Waals surface area (Å²) in [5.41, 5.74) is 5.68. The first-order valence-corrected chi connectivity index (χ1v) is 13.1. The normalized spacial score (nSPS) is 13.8. The van der Waals surface area contributed by atoms with Crippen LogP contribution in [0.2, 0.25) is 0 Å². The Morgan fingerprint density at radius 3 is 2.26 bits per heavy atom. The van der Waals surface area contributed by atoms with Gasteiger partial charge >= 0.3 is 5.69 Å². The van der Waals surface area contributed by atoms with Crippen molar-refractivity contribution in [1.82, 2.24) is 23.6 Å². The topological polar surface area (TPSA) is 80.3 Å².